The number of amides is 1. The van der Waals surface area contributed by atoms with Crippen molar-refractivity contribution in [2.45, 2.75) is 58.7 Å². The number of hydrogen-bond acceptors (Lipinski definition) is 3. The smallest absolute Gasteiger partial charge is 0.411 e. The van der Waals surface area contributed by atoms with Gasteiger partial charge in [0.2, 0.25) is 0 Å². The Morgan fingerprint density at radius 1 is 1.33 bits per heavy atom. The van der Waals surface area contributed by atoms with Gasteiger partial charge in [0.05, 0.1) is 6.04 Å². The summed E-state index contributed by atoms with van der Waals surface area (Å²) in [5.74, 6) is 0.0268. The fraction of sp³-hybridized carbons (Fsp3) is 0.818. The van der Waals surface area contributed by atoms with Crippen LogP contribution in [0.4, 0.5) is 4.79 Å². The highest BCUT2D eigenvalue weighted by Gasteiger charge is 2.43. The van der Waals surface area contributed by atoms with Gasteiger partial charge in [-0.2, -0.15) is 0 Å². The number of carbonyl (C=O) groups is 2. The van der Waals surface area contributed by atoms with E-state index in [0.717, 1.165) is 6.42 Å². The molecule has 1 heterocycles. The first kappa shape index (κ1) is 12.0. The Kier molecular flexibility index (Phi) is 3.07. The normalized spacial score (nSPS) is 25.8. The zero-order valence-corrected chi connectivity index (χ0v) is 10.0. The Bertz CT molecular complexity index is 280. The molecule has 1 amide bonds. The molecule has 2 atom stereocenters. The second-order valence-corrected chi connectivity index (χ2v) is 5.10. The average Bonchev–Trinajstić information content (AvgIpc) is 1.94. The molecule has 0 aromatic carbocycles. The van der Waals surface area contributed by atoms with Gasteiger partial charge in [-0.05, 0) is 41.0 Å². The quantitative estimate of drug-likeness (QED) is 0.669. The van der Waals surface area contributed by atoms with Crippen molar-refractivity contribution in [1.29, 1.82) is 0 Å². The van der Waals surface area contributed by atoms with Crippen molar-refractivity contribution >= 4 is 11.9 Å². The molecule has 1 fully saturated rings. The standard InChI is InChI=1S/C11H19NO3/c1-7-6-9(8(2)13)12(7)10(14)15-11(3,4)5/h7,9H,6H2,1-5H3. The van der Waals surface area contributed by atoms with Crippen LogP contribution in [0.3, 0.4) is 0 Å². The van der Waals surface area contributed by atoms with Crippen LogP contribution in [0.1, 0.15) is 41.0 Å². The number of Topliss-reactive ketones (excluding diaryl/α,β-unsaturated/α-hetero) is 1. The number of likely N-dealkylation sites (tertiary alicyclic amines) is 1. The molecule has 0 N–H and O–H groups in total. The van der Waals surface area contributed by atoms with E-state index in [1.54, 1.807) is 0 Å². The van der Waals surface area contributed by atoms with Crippen LogP contribution in [0.5, 0.6) is 0 Å². The van der Waals surface area contributed by atoms with Crippen LogP contribution in [0, 0.1) is 0 Å². The lowest BCUT2D eigenvalue weighted by atomic mass is 9.92. The van der Waals surface area contributed by atoms with E-state index in [-0.39, 0.29) is 24.0 Å². The molecule has 0 bridgehead atoms. The fourth-order valence-electron chi connectivity index (χ4n) is 1.70. The number of ketones is 1. The van der Waals surface area contributed by atoms with E-state index in [1.165, 1.54) is 11.8 Å². The van der Waals surface area contributed by atoms with Gasteiger partial charge in [0.15, 0.2) is 5.78 Å². The second-order valence-electron chi connectivity index (χ2n) is 5.10. The number of carbonyl (C=O) groups excluding carboxylic acids is 2. The number of rotatable bonds is 1. The molecule has 2 unspecified atom stereocenters. The summed E-state index contributed by atoms with van der Waals surface area (Å²) in [7, 11) is 0. The molecule has 1 aliphatic rings. The number of nitrogens with zero attached hydrogens (tertiary/aromatic N) is 1. The third-order valence-electron chi connectivity index (χ3n) is 2.45. The molecule has 0 aromatic rings. The zero-order valence-electron chi connectivity index (χ0n) is 10.0. The van der Waals surface area contributed by atoms with Gasteiger partial charge < -0.3 is 4.74 Å². The van der Waals surface area contributed by atoms with E-state index in [1.807, 2.05) is 27.7 Å². The second kappa shape index (κ2) is 3.83. The maximum Gasteiger partial charge on any atom is 0.411 e. The summed E-state index contributed by atoms with van der Waals surface area (Å²) in [6.07, 6.45) is 0.357. The molecule has 0 saturated carbocycles. The highest BCUT2D eigenvalue weighted by atomic mass is 16.6. The van der Waals surface area contributed by atoms with Gasteiger partial charge in [0, 0.05) is 6.04 Å². The van der Waals surface area contributed by atoms with Crippen molar-refractivity contribution in [1.82, 2.24) is 4.90 Å². The third-order valence-corrected chi connectivity index (χ3v) is 2.45. The predicted octanol–water partition coefficient (Wildman–Crippen LogP) is 1.97. The van der Waals surface area contributed by atoms with Crippen LogP contribution in [-0.4, -0.2) is 34.5 Å². The van der Waals surface area contributed by atoms with Crippen molar-refractivity contribution in [2.75, 3.05) is 0 Å². The lowest BCUT2D eigenvalue weighted by Crippen LogP contribution is -2.60. The Morgan fingerprint density at radius 2 is 1.87 bits per heavy atom. The van der Waals surface area contributed by atoms with Gasteiger partial charge in [0.25, 0.3) is 0 Å². The van der Waals surface area contributed by atoms with Crippen LogP contribution in [0.15, 0.2) is 0 Å². The summed E-state index contributed by atoms with van der Waals surface area (Å²) in [4.78, 5) is 24.4. The summed E-state index contributed by atoms with van der Waals surface area (Å²) in [5.41, 5.74) is -0.506. The van der Waals surface area contributed by atoms with E-state index in [9.17, 15) is 9.59 Å². The molecule has 0 spiro atoms. The molecule has 4 heteroatoms. The topological polar surface area (TPSA) is 46.6 Å². The molecule has 1 saturated heterocycles. The highest BCUT2D eigenvalue weighted by Crippen LogP contribution is 2.28. The molecule has 1 rings (SSSR count). The van der Waals surface area contributed by atoms with Crippen LogP contribution >= 0.6 is 0 Å². The molecule has 0 aliphatic carbocycles. The largest absolute Gasteiger partial charge is 0.444 e. The van der Waals surface area contributed by atoms with Gasteiger partial charge in [-0.25, -0.2) is 4.79 Å². The lowest BCUT2D eigenvalue weighted by molar-refractivity contribution is -0.129. The predicted molar refractivity (Wildman–Crippen MR) is 56.6 cm³/mol. The Morgan fingerprint density at radius 3 is 2.20 bits per heavy atom. The van der Waals surface area contributed by atoms with E-state index in [0.29, 0.717) is 0 Å². The fourth-order valence-corrected chi connectivity index (χ4v) is 1.70. The molecule has 86 valence electrons. The first-order chi connectivity index (χ1) is 6.72. The lowest BCUT2D eigenvalue weighted by Gasteiger charge is -2.45. The van der Waals surface area contributed by atoms with Crippen molar-refractivity contribution in [2.24, 2.45) is 0 Å². The van der Waals surface area contributed by atoms with Crippen molar-refractivity contribution in [3.63, 3.8) is 0 Å². The molecule has 4 nitrogen and oxygen atoms in total. The van der Waals surface area contributed by atoms with E-state index in [4.69, 9.17) is 4.74 Å². The number of hydrogen-bond donors (Lipinski definition) is 0. The summed E-state index contributed by atoms with van der Waals surface area (Å²) in [5, 5.41) is 0. The zero-order chi connectivity index (χ0) is 11.8. The molecule has 15 heavy (non-hydrogen) atoms. The van der Waals surface area contributed by atoms with Gasteiger partial charge in [0.1, 0.15) is 5.60 Å². The van der Waals surface area contributed by atoms with Gasteiger partial charge >= 0.3 is 6.09 Å². The minimum Gasteiger partial charge on any atom is -0.444 e. The summed E-state index contributed by atoms with van der Waals surface area (Å²) in [6, 6.07) is -0.177. The third kappa shape index (κ3) is 2.70. The maximum atomic E-state index is 11.7. The minimum atomic E-state index is -0.506. The van der Waals surface area contributed by atoms with Crippen LogP contribution < -0.4 is 0 Å². The molecule has 0 radical (unpaired) electrons. The highest BCUT2D eigenvalue weighted by molar-refractivity contribution is 5.87. The Balaban J connectivity index is 2.62. The SMILES string of the molecule is CC(=O)C1CC(C)N1C(=O)OC(C)(C)C. The van der Waals surface area contributed by atoms with Crippen molar-refractivity contribution in [3.8, 4) is 0 Å². The maximum absolute atomic E-state index is 11.7. The summed E-state index contributed by atoms with van der Waals surface area (Å²) < 4.78 is 5.23. The van der Waals surface area contributed by atoms with Gasteiger partial charge in [-0.1, -0.05) is 0 Å². The minimum absolute atomic E-state index is 0.0268. The Labute approximate surface area is 90.6 Å². The summed E-state index contributed by atoms with van der Waals surface area (Å²) in [6.45, 7) is 8.88. The molecule has 1 aliphatic heterocycles. The van der Waals surface area contributed by atoms with E-state index >= 15 is 0 Å². The van der Waals surface area contributed by atoms with Gasteiger partial charge in [-0.3, -0.25) is 9.69 Å². The number of ether oxygens (including phenoxy) is 1. The van der Waals surface area contributed by atoms with Crippen molar-refractivity contribution in [3.05, 3.63) is 0 Å². The molecular formula is C11H19NO3. The van der Waals surface area contributed by atoms with Gasteiger partial charge in [-0.15, -0.1) is 0 Å². The Hall–Kier alpha value is -1.06. The first-order valence-electron chi connectivity index (χ1n) is 5.24. The van der Waals surface area contributed by atoms with Crippen LogP contribution in [0.25, 0.3) is 0 Å². The van der Waals surface area contributed by atoms with Crippen LogP contribution in [-0.2, 0) is 9.53 Å². The van der Waals surface area contributed by atoms with E-state index in [2.05, 4.69) is 0 Å². The molecular weight excluding hydrogens is 194 g/mol. The van der Waals surface area contributed by atoms with E-state index < -0.39 is 5.60 Å². The first-order valence-corrected chi connectivity index (χ1v) is 5.24. The van der Waals surface area contributed by atoms with Crippen molar-refractivity contribution < 1.29 is 14.3 Å². The average molecular weight is 213 g/mol. The monoisotopic (exact) mass is 213 g/mol. The summed E-state index contributed by atoms with van der Waals surface area (Å²) >= 11 is 0. The van der Waals surface area contributed by atoms with Crippen LogP contribution in [0.2, 0.25) is 0 Å². The molecule has 0 aromatic heterocycles.